The van der Waals surface area contributed by atoms with Crippen molar-refractivity contribution in [2.24, 2.45) is 0 Å². The summed E-state index contributed by atoms with van der Waals surface area (Å²) < 4.78 is 0.903. The largest absolute Gasteiger partial charge is 0.354 e. The van der Waals surface area contributed by atoms with Gasteiger partial charge in [0.15, 0.2) is 0 Å². The third-order valence-corrected chi connectivity index (χ3v) is 6.76. The Hall–Kier alpha value is -3.46. The average Bonchev–Trinajstić information content (AvgIpc) is 3.20. The number of likely N-dealkylation sites (N-methyl/N-ethyl adjacent to an activating group) is 3. The Labute approximate surface area is 226 Å². The molecule has 7 nitrogen and oxygen atoms in total. The summed E-state index contributed by atoms with van der Waals surface area (Å²) in [5, 5.41) is 6.44. The van der Waals surface area contributed by atoms with Gasteiger partial charge in [0.05, 0.1) is 23.5 Å². The van der Waals surface area contributed by atoms with Crippen molar-refractivity contribution < 1.29 is 9.59 Å². The molecule has 3 aromatic rings. The molecular formula is C29H32BrN5O2. The lowest BCUT2D eigenvalue weighted by molar-refractivity contribution is -0.119. The van der Waals surface area contributed by atoms with E-state index in [1.807, 2.05) is 98.8 Å². The van der Waals surface area contributed by atoms with Crippen molar-refractivity contribution in [3.05, 3.63) is 88.4 Å². The maximum Gasteiger partial charge on any atom is 0.258 e. The molecule has 0 aromatic heterocycles. The van der Waals surface area contributed by atoms with Crippen LogP contribution in [0, 0.1) is 0 Å². The monoisotopic (exact) mass is 561 g/mol. The van der Waals surface area contributed by atoms with Gasteiger partial charge in [0.25, 0.3) is 5.91 Å². The molecule has 0 spiro atoms. The molecule has 0 saturated heterocycles. The highest BCUT2D eigenvalue weighted by Crippen LogP contribution is 2.38. The lowest BCUT2D eigenvalue weighted by Gasteiger charge is -2.23. The molecule has 3 aromatic carbocycles. The normalized spacial score (nSPS) is 14.0. The minimum absolute atomic E-state index is 0.0273. The Morgan fingerprint density at radius 2 is 1.62 bits per heavy atom. The molecule has 0 atom stereocenters. The molecule has 0 bridgehead atoms. The van der Waals surface area contributed by atoms with E-state index in [9.17, 15) is 9.59 Å². The Morgan fingerprint density at radius 3 is 2.30 bits per heavy atom. The van der Waals surface area contributed by atoms with Crippen LogP contribution >= 0.6 is 15.9 Å². The number of carbonyl (C=O) groups excluding carboxylic acids is 2. The van der Waals surface area contributed by atoms with E-state index < -0.39 is 0 Å². The number of amides is 2. The molecule has 8 heteroatoms. The quantitative estimate of drug-likeness (QED) is 0.366. The van der Waals surface area contributed by atoms with E-state index in [4.69, 9.17) is 0 Å². The number of nitrogens with one attached hydrogen (secondary N) is 2. The van der Waals surface area contributed by atoms with Crippen LogP contribution in [0.25, 0.3) is 11.3 Å². The minimum atomic E-state index is -0.153. The number of benzene rings is 3. The zero-order valence-electron chi connectivity index (χ0n) is 21.6. The third kappa shape index (κ3) is 6.46. The third-order valence-electron chi connectivity index (χ3n) is 6.27. The number of rotatable bonds is 9. The second kappa shape index (κ2) is 11.7. The van der Waals surface area contributed by atoms with Gasteiger partial charge in [0.1, 0.15) is 0 Å². The smallest absolute Gasteiger partial charge is 0.258 e. The van der Waals surface area contributed by atoms with Crippen molar-refractivity contribution in [2.45, 2.75) is 0 Å². The summed E-state index contributed by atoms with van der Waals surface area (Å²) in [6.45, 7) is 2.06. The van der Waals surface area contributed by atoms with Gasteiger partial charge in [-0.15, -0.1) is 0 Å². The number of anilines is 3. The Kier molecular flexibility index (Phi) is 8.43. The lowest BCUT2D eigenvalue weighted by Crippen LogP contribution is -2.39. The van der Waals surface area contributed by atoms with Gasteiger partial charge >= 0.3 is 0 Å². The number of fused-ring (bicyclic) bond motifs is 1. The van der Waals surface area contributed by atoms with Gasteiger partial charge in [-0.2, -0.15) is 0 Å². The molecule has 1 heterocycles. The van der Waals surface area contributed by atoms with Gasteiger partial charge in [-0.05, 0) is 63.1 Å². The first-order valence-corrected chi connectivity index (χ1v) is 12.9. The van der Waals surface area contributed by atoms with E-state index in [1.54, 1.807) is 11.9 Å². The molecular weight excluding hydrogens is 530 g/mol. The molecule has 1 aliphatic rings. The van der Waals surface area contributed by atoms with E-state index in [-0.39, 0.29) is 11.8 Å². The first-order valence-electron chi connectivity index (χ1n) is 12.1. The second-order valence-electron chi connectivity index (χ2n) is 9.43. The number of nitrogens with zero attached hydrogens (tertiary/aromatic N) is 3. The first kappa shape index (κ1) is 26.6. The molecule has 0 radical (unpaired) electrons. The van der Waals surface area contributed by atoms with Crippen LogP contribution in [0.4, 0.5) is 17.1 Å². The van der Waals surface area contributed by atoms with E-state index in [1.165, 1.54) is 0 Å². The van der Waals surface area contributed by atoms with Crippen LogP contribution in [-0.4, -0.2) is 69.4 Å². The lowest BCUT2D eigenvalue weighted by atomic mass is 10.00. The van der Waals surface area contributed by atoms with Crippen LogP contribution in [0.5, 0.6) is 0 Å². The first-order chi connectivity index (χ1) is 17.7. The summed E-state index contributed by atoms with van der Waals surface area (Å²) in [6, 6.07) is 23.3. The molecule has 2 N–H and O–H groups in total. The van der Waals surface area contributed by atoms with Gasteiger partial charge in [-0.3, -0.25) is 14.5 Å². The molecule has 37 heavy (non-hydrogen) atoms. The molecule has 1 aliphatic heterocycles. The molecule has 2 amide bonds. The topological polar surface area (TPSA) is 67.9 Å². The Morgan fingerprint density at radius 1 is 0.919 bits per heavy atom. The van der Waals surface area contributed by atoms with Crippen LogP contribution in [0.1, 0.15) is 11.1 Å². The maximum absolute atomic E-state index is 13.1. The molecule has 0 unspecified atom stereocenters. The molecule has 0 saturated carbocycles. The second-order valence-corrected chi connectivity index (χ2v) is 10.3. The summed E-state index contributed by atoms with van der Waals surface area (Å²) in [5.74, 6) is -0.126. The van der Waals surface area contributed by atoms with Gasteiger partial charge in [0.2, 0.25) is 5.91 Å². The van der Waals surface area contributed by atoms with E-state index in [0.717, 1.165) is 51.4 Å². The van der Waals surface area contributed by atoms with Crippen LogP contribution in [0.15, 0.2) is 77.3 Å². The van der Waals surface area contributed by atoms with Crippen LogP contribution in [0.3, 0.4) is 0 Å². The zero-order valence-corrected chi connectivity index (χ0v) is 23.2. The Bertz CT molecular complexity index is 1310. The van der Waals surface area contributed by atoms with Crippen molar-refractivity contribution in [1.29, 1.82) is 0 Å². The minimum Gasteiger partial charge on any atom is -0.354 e. The summed E-state index contributed by atoms with van der Waals surface area (Å²) in [7, 11) is 7.79. The summed E-state index contributed by atoms with van der Waals surface area (Å²) in [6.07, 6.45) is 0. The van der Waals surface area contributed by atoms with Crippen LogP contribution in [0.2, 0.25) is 0 Å². The Balaban J connectivity index is 1.57. The van der Waals surface area contributed by atoms with E-state index >= 15 is 0 Å². The number of carbonyl (C=O) groups is 2. The molecule has 0 aliphatic carbocycles. The molecule has 192 valence electrons. The van der Waals surface area contributed by atoms with Gasteiger partial charge in [0, 0.05) is 41.5 Å². The predicted octanol–water partition coefficient (Wildman–Crippen LogP) is 4.84. The molecule has 4 rings (SSSR count). The van der Waals surface area contributed by atoms with Crippen LogP contribution < -0.4 is 15.5 Å². The SMILES string of the molecule is CN(C)CCN(C)CC(=O)N(C)c1ccc(NC(=C2C(=O)Nc3cc(Br)ccc32)c2ccccc2)cc1. The summed E-state index contributed by atoms with van der Waals surface area (Å²) in [5.41, 5.74) is 5.46. The van der Waals surface area contributed by atoms with E-state index in [2.05, 4.69) is 31.5 Å². The van der Waals surface area contributed by atoms with E-state index in [0.29, 0.717) is 12.1 Å². The van der Waals surface area contributed by atoms with Gasteiger partial charge in [-0.25, -0.2) is 0 Å². The van der Waals surface area contributed by atoms with Gasteiger partial charge in [-0.1, -0.05) is 52.3 Å². The fourth-order valence-corrected chi connectivity index (χ4v) is 4.48. The van der Waals surface area contributed by atoms with Crippen LogP contribution in [-0.2, 0) is 9.59 Å². The highest BCUT2D eigenvalue weighted by atomic mass is 79.9. The fraction of sp³-hybridized carbons (Fsp3) is 0.241. The van der Waals surface area contributed by atoms with Crippen molar-refractivity contribution >= 4 is 56.1 Å². The highest BCUT2D eigenvalue weighted by molar-refractivity contribution is 9.10. The van der Waals surface area contributed by atoms with Crippen molar-refractivity contribution in [1.82, 2.24) is 9.80 Å². The molecule has 0 fully saturated rings. The zero-order chi connectivity index (χ0) is 26.5. The standard InChI is InChI=1S/C29H32BrN5O2/c1-33(2)16-17-34(3)19-26(36)35(4)23-13-11-22(12-14-23)31-28(20-8-6-5-7-9-20)27-24-15-10-21(30)18-25(24)32-29(27)37/h5-15,18,31H,16-17,19H2,1-4H3,(H,32,37). The van der Waals surface area contributed by atoms with Crippen molar-refractivity contribution in [2.75, 3.05) is 63.4 Å². The number of hydrogen-bond acceptors (Lipinski definition) is 5. The van der Waals surface area contributed by atoms with Crippen molar-refractivity contribution in [3.8, 4) is 0 Å². The van der Waals surface area contributed by atoms with Gasteiger partial charge < -0.3 is 20.4 Å². The average molecular weight is 563 g/mol. The predicted molar refractivity (Wildman–Crippen MR) is 156 cm³/mol. The fourth-order valence-electron chi connectivity index (χ4n) is 4.12. The summed E-state index contributed by atoms with van der Waals surface area (Å²) >= 11 is 3.48. The highest BCUT2D eigenvalue weighted by Gasteiger charge is 2.28. The number of halogens is 1. The van der Waals surface area contributed by atoms with Crippen molar-refractivity contribution in [3.63, 3.8) is 0 Å². The number of hydrogen-bond donors (Lipinski definition) is 2. The summed E-state index contributed by atoms with van der Waals surface area (Å²) in [4.78, 5) is 31.7. The maximum atomic E-state index is 13.1.